The molecule has 0 saturated heterocycles. The number of carbonyl (C=O) groups excluding carboxylic acids is 1. The Labute approximate surface area is 75.4 Å². The van der Waals surface area contributed by atoms with Crippen molar-refractivity contribution in [2.75, 3.05) is 0 Å². The summed E-state index contributed by atoms with van der Waals surface area (Å²) in [5.74, 6) is 1.17. The molecule has 2 rings (SSSR count). The highest BCUT2D eigenvalue weighted by Crippen LogP contribution is 2.10. The Morgan fingerprint density at radius 1 is 1.38 bits per heavy atom. The lowest BCUT2D eigenvalue weighted by molar-refractivity contribution is 0.109. The van der Waals surface area contributed by atoms with E-state index in [1.807, 2.05) is 24.4 Å². The standard InChI is InChI=1S/C10H9NO2/c12-7-10-4-3-9(13-10)6-8-2-1-5-11-8/h1-5,7,11H,6H2. The molecule has 0 aliphatic rings. The van der Waals surface area contributed by atoms with Gasteiger partial charge in [-0.15, -0.1) is 0 Å². The summed E-state index contributed by atoms with van der Waals surface area (Å²) in [6.07, 6.45) is 3.26. The van der Waals surface area contributed by atoms with Gasteiger partial charge in [0.1, 0.15) is 5.76 Å². The molecule has 0 radical (unpaired) electrons. The molecule has 0 bridgehead atoms. The molecule has 3 nitrogen and oxygen atoms in total. The van der Waals surface area contributed by atoms with Crippen LogP contribution in [0.4, 0.5) is 0 Å². The van der Waals surface area contributed by atoms with Gasteiger partial charge >= 0.3 is 0 Å². The van der Waals surface area contributed by atoms with Crippen molar-refractivity contribution in [3.05, 3.63) is 47.7 Å². The molecule has 0 fully saturated rings. The van der Waals surface area contributed by atoms with Crippen molar-refractivity contribution in [3.8, 4) is 0 Å². The van der Waals surface area contributed by atoms with Crippen LogP contribution in [0.15, 0.2) is 34.9 Å². The minimum Gasteiger partial charge on any atom is -0.458 e. The maximum atomic E-state index is 10.3. The van der Waals surface area contributed by atoms with E-state index in [1.54, 1.807) is 6.07 Å². The van der Waals surface area contributed by atoms with Crippen LogP contribution in [0.25, 0.3) is 0 Å². The third kappa shape index (κ3) is 1.69. The fourth-order valence-corrected chi connectivity index (χ4v) is 1.22. The summed E-state index contributed by atoms with van der Waals surface area (Å²) in [5.41, 5.74) is 1.08. The maximum Gasteiger partial charge on any atom is 0.185 e. The number of hydrogen-bond acceptors (Lipinski definition) is 2. The van der Waals surface area contributed by atoms with E-state index in [2.05, 4.69) is 4.98 Å². The molecule has 0 atom stereocenters. The van der Waals surface area contributed by atoms with Gasteiger partial charge in [0.25, 0.3) is 0 Å². The van der Waals surface area contributed by atoms with E-state index in [4.69, 9.17) is 4.42 Å². The van der Waals surface area contributed by atoms with Gasteiger partial charge in [0, 0.05) is 18.3 Å². The monoisotopic (exact) mass is 175 g/mol. The molecule has 2 aromatic heterocycles. The van der Waals surface area contributed by atoms with E-state index >= 15 is 0 Å². The molecule has 0 unspecified atom stereocenters. The molecule has 2 aromatic rings. The first-order valence-electron chi connectivity index (χ1n) is 4.04. The normalized spacial score (nSPS) is 10.2. The van der Waals surface area contributed by atoms with Crippen molar-refractivity contribution in [2.24, 2.45) is 0 Å². The topological polar surface area (TPSA) is 46.0 Å². The van der Waals surface area contributed by atoms with Crippen LogP contribution < -0.4 is 0 Å². The Morgan fingerprint density at radius 3 is 2.92 bits per heavy atom. The highest BCUT2D eigenvalue weighted by Gasteiger charge is 2.01. The molecular weight excluding hydrogens is 166 g/mol. The Hall–Kier alpha value is -1.77. The number of aromatic amines is 1. The molecule has 0 aliphatic carbocycles. The zero-order valence-electron chi connectivity index (χ0n) is 6.99. The summed E-state index contributed by atoms with van der Waals surface area (Å²) in [7, 11) is 0. The van der Waals surface area contributed by atoms with Crippen molar-refractivity contribution in [1.82, 2.24) is 4.98 Å². The van der Waals surface area contributed by atoms with Crippen LogP contribution in [0.2, 0.25) is 0 Å². The van der Waals surface area contributed by atoms with Crippen molar-refractivity contribution < 1.29 is 9.21 Å². The first-order chi connectivity index (χ1) is 6.38. The van der Waals surface area contributed by atoms with Crippen molar-refractivity contribution in [2.45, 2.75) is 6.42 Å². The predicted octanol–water partition coefficient (Wildman–Crippen LogP) is 2.01. The van der Waals surface area contributed by atoms with Crippen LogP contribution in [0, 0.1) is 0 Å². The minimum atomic E-state index is 0.376. The number of hydrogen-bond donors (Lipinski definition) is 1. The number of H-pyrrole nitrogens is 1. The van der Waals surface area contributed by atoms with E-state index < -0.39 is 0 Å². The van der Waals surface area contributed by atoms with Gasteiger partial charge in [-0.2, -0.15) is 0 Å². The number of aldehydes is 1. The zero-order valence-corrected chi connectivity index (χ0v) is 6.99. The molecule has 0 aromatic carbocycles. The van der Waals surface area contributed by atoms with Gasteiger partial charge in [0.15, 0.2) is 12.0 Å². The second-order valence-corrected chi connectivity index (χ2v) is 2.79. The summed E-state index contributed by atoms with van der Waals surface area (Å²) in [4.78, 5) is 13.4. The van der Waals surface area contributed by atoms with Crippen LogP contribution in [-0.2, 0) is 6.42 Å². The van der Waals surface area contributed by atoms with Gasteiger partial charge in [-0.1, -0.05) is 0 Å². The van der Waals surface area contributed by atoms with Gasteiger partial charge in [-0.05, 0) is 24.3 Å². The maximum absolute atomic E-state index is 10.3. The number of furan rings is 1. The van der Waals surface area contributed by atoms with E-state index in [0.717, 1.165) is 11.5 Å². The lowest BCUT2D eigenvalue weighted by Crippen LogP contribution is -1.84. The van der Waals surface area contributed by atoms with Crippen molar-refractivity contribution in [3.63, 3.8) is 0 Å². The van der Waals surface area contributed by atoms with E-state index in [1.165, 1.54) is 0 Å². The smallest absolute Gasteiger partial charge is 0.185 e. The fourth-order valence-electron chi connectivity index (χ4n) is 1.22. The molecule has 13 heavy (non-hydrogen) atoms. The highest BCUT2D eigenvalue weighted by molar-refractivity contribution is 5.70. The number of aromatic nitrogens is 1. The van der Waals surface area contributed by atoms with Gasteiger partial charge < -0.3 is 9.40 Å². The number of carbonyl (C=O) groups is 1. The SMILES string of the molecule is O=Cc1ccc(Cc2ccc[nH]2)o1. The van der Waals surface area contributed by atoms with Crippen LogP contribution in [0.1, 0.15) is 22.0 Å². The Kier molecular flexibility index (Phi) is 2.00. The second-order valence-electron chi connectivity index (χ2n) is 2.79. The molecule has 0 saturated carbocycles. The van der Waals surface area contributed by atoms with Crippen LogP contribution >= 0.6 is 0 Å². The lowest BCUT2D eigenvalue weighted by atomic mass is 10.2. The first kappa shape index (κ1) is 7.86. The average Bonchev–Trinajstić information content (AvgIpc) is 2.76. The summed E-state index contributed by atoms with van der Waals surface area (Å²) >= 11 is 0. The third-order valence-electron chi connectivity index (χ3n) is 1.83. The van der Waals surface area contributed by atoms with Gasteiger partial charge in [-0.3, -0.25) is 4.79 Å². The van der Waals surface area contributed by atoms with Gasteiger partial charge in [0.05, 0.1) is 0 Å². The van der Waals surface area contributed by atoms with Crippen LogP contribution in [0.5, 0.6) is 0 Å². The molecular formula is C10H9NO2. The van der Waals surface area contributed by atoms with Crippen LogP contribution in [0.3, 0.4) is 0 Å². The third-order valence-corrected chi connectivity index (χ3v) is 1.83. The summed E-state index contributed by atoms with van der Waals surface area (Å²) in [6.45, 7) is 0. The molecule has 0 spiro atoms. The predicted molar refractivity (Wildman–Crippen MR) is 47.7 cm³/mol. The van der Waals surface area contributed by atoms with Crippen molar-refractivity contribution >= 4 is 6.29 Å². The van der Waals surface area contributed by atoms with Crippen LogP contribution in [-0.4, -0.2) is 11.3 Å². The minimum absolute atomic E-state index is 0.376. The molecule has 66 valence electrons. The summed E-state index contributed by atoms with van der Waals surface area (Å²) in [6, 6.07) is 7.39. The lowest BCUT2D eigenvalue weighted by Gasteiger charge is -1.92. The van der Waals surface area contributed by atoms with Gasteiger partial charge in [0.2, 0.25) is 0 Å². The molecule has 0 aliphatic heterocycles. The average molecular weight is 175 g/mol. The van der Waals surface area contributed by atoms with E-state index in [9.17, 15) is 4.79 Å². The molecule has 2 heterocycles. The Bertz CT molecular complexity index is 387. The summed E-state index contributed by atoms with van der Waals surface area (Å²) < 4.78 is 5.22. The number of nitrogens with one attached hydrogen (secondary N) is 1. The zero-order chi connectivity index (χ0) is 9.10. The summed E-state index contributed by atoms with van der Waals surface area (Å²) in [5, 5.41) is 0. The molecule has 1 N–H and O–H groups in total. The molecule has 0 amide bonds. The highest BCUT2D eigenvalue weighted by atomic mass is 16.3. The van der Waals surface area contributed by atoms with E-state index in [-0.39, 0.29) is 0 Å². The largest absolute Gasteiger partial charge is 0.458 e. The van der Waals surface area contributed by atoms with Crippen molar-refractivity contribution in [1.29, 1.82) is 0 Å². The second kappa shape index (κ2) is 3.31. The Morgan fingerprint density at radius 2 is 2.31 bits per heavy atom. The fraction of sp³-hybridized carbons (Fsp3) is 0.100. The number of rotatable bonds is 3. The first-order valence-corrected chi connectivity index (χ1v) is 4.04. The Balaban J connectivity index is 2.14. The van der Waals surface area contributed by atoms with E-state index in [0.29, 0.717) is 18.5 Å². The van der Waals surface area contributed by atoms with Gasteiger partial charge in [-0.25, -0.2) is 0 Å². The molecule has 3 heteroatoms. The quantitative estimate of drug-likeness (QED) is 0.725.